The van der Waals surface area contributed by atoms with E-state index in [-0.39, 0.29) is 11.9 Å². The van der Waals surface area contributed by atoms with Crippen molar-refractivity contribution in [3.63, 3.8) is 0 Å². The molecule has 0 spiro atoms. The first-order valence-electron chi connectivity index (χ1n) is 9.72. The number of carbonyl (C=O) groups is 1. The minimum Gasteiger partial charge on any atom is -0.486 e. The monoisotopic (exact) mass is 368 g/mol. The van der Waals surface area contributed by atoms with Crippen LogP contribution in [0.4, 0.5) is 0 Å². The van der Waals surface area contributed by atoms with E-state index in [9.17, 15) is 4.79 Å². The summed E-state index contributed by atoms with van der Waals surface area (Å²) in [7, 11) is 0. The fourth-order valence-corrected chi connectivity index (χ4v) is 4.35. The first kappa shape index (κ1) is 16.6. The molecule has 1 amide bonds. The van der Waals surface area contributed by atoms with Crippen molar-refractivity contribution in [2.24, 2.45) is 0 Å². The molecule has 0 bridgehead atoms. The predicted molar refractivity (Wildman–Crippen MR) is 99.1 cm³/mol. The summed E-state index contributed by atoms with van der Waals surface area (Å²) in [6.07, 6.45) is 4.35. The topological polar surface area (TPSA) is 59.8 Å². The number of ether oxygens (including phenoxy) is 2. The second-order valence-electron chi connectivity index (χ2n) is 7.44. The van der Waals surface area contributed by atoms with Crippen molar-refractivity contribution in [2.45, 2.75) is 25.4 Å². The Morgan fingerprint density at radius 2 is 2.00 bits per heavy atom. The highest BCUT2D eigenvalue weighted by Gasteiger charge is 2.32. The molecule has 27 heavy (non-hydrogen) atoms. The summed E-state index contributed by atoms with van der Waals surface area (Å²) in [5.74, 6) is 1.22. The minimum absolute atomic E-state index is 0.00350. The highest BCUT2D eigenvalue weighted by Crippen LogP contribution is 2.35. The number of rotatable bonds is 3. The SMILES string of the molecule is O=C(c1cccc2c1OCCO2)N1Cc2ccnn2[C@H](CN2CCCC2)C1. The maximum Gasteiger partial charge on any atom is 0.258 e. The summed E-state index contributed by atoms with van der Waals surface area (Å²) in [4.78, 5) is 17.7. The Kier molecular flexibility index (Phi) is 4.24. The smallest absolute Gasteiger partial charge is 0.258 e. The predicted octanol–water partition coefficient (Wildman–Crippen LogP) is 1.95. The van der Waals surface area contributed by atoms with E-state index in [1.165, 1.54) is 12.8 Å². The third-order valence-corrected chi connectivity index (χ3v) is 5.63. The Morgan fingerprint density at radius 1 is 1.15 bits per heavy atom. The van der Waals surface area contributed by atoms with Gasteiger partial charge in [-0.1, -0.05) is 6.07 Å². The number of aromatic nitrogens is 2. The van der Waals surface area contributed by atoms with E-state index in [4.69, 9.17) is 9.47 Å². The quantitative estimate of drug-likeness (QED) is 0.829. The molecule has 1 atom stereocenters. The van der Waals surface area contributed by atoms with Crippen LogP contribution >= 0.6 is 0 Å². The van der Waals surface area contributed by atoms with Crippen LogP contribution in [0.2, 0.25) is 0 Å². The van der Waals surface area contributed by atoms with Crippen LogP contribution in [0.3, 0.4) is 0 Å². The molecule has 7 heteroatoms. The highest BCUT2D eigenvalue weighted by molar-refractivity contribution is 5.98. The van der Waals surface area contributed by atoms with Crippen molar-refractivity contribution in [1.29, 1.82) is 0 Å². The molecular weight excluding hydrogens is 344 g/mol. The Bertz CT molecular complexity index is 844. The number of hydrogen-bond acceptors (Lipinski definition) is 5. The molecule has 0 radical (unpaired) electrons. The number of benzene rings is 1. The second kappa shape index (κ2) is 6.88. The minimum atomic E-state index is -0.00350. The average molecular weight is 368 g/mol. The van der Waals surface area contributed by atoms with Crippen LogP contribution in [0.15, 0.2) is 30.5 Å². The van der Waals surface area contributed by atoms with Gasteiger partial charge in [-0.15, -0.1) is 0 Å². The zero-order valence-electron chi connectivity index (χ0n) is 15.3. The summed E-state index contributed by atoms with van der Waals surface area (Å²) in [6, 6.07) is 7.74. The van der Waals surface area contributed by atoms with E-state index < -0.39 is 0 Å². The van der Waals surface area contributed by atoms with Gasteiger partial charge in [0.05, 0.1) is 23.8 Å². The van der Waals surface area contributed by atoms with Crippen molar-refractivity contribution in [3.05, 3.63) is 41.7 Å². The molecule has 142 valence electrons. The van der Waals surface area contributed by atoms with E-state index in [1.807, 2.05) is 35.4 Å². The van der Waals surface area contributed by atoms with Crippen molar-refractivity contribution in [1.82, 2.24) is 19.6 Å². The van der Waals surface area contributed by atoms with E-state index in [0.29, 0.717) is 43.4 Å². The summed E-state index contributed by atoms with van der Waals surface area (Å²) in [5.41, 5.74) is 1.67. The van der Waals surface area contributed by atoms with Gasteiger partial charge >= 0.3 is 0 Å². The zero-order chi connectivity index (χ0) is 18.2. The van der Waals surface area contributed by atoms with E-state index >= 15 is 0 Å². The van der Waals surface area contributed by atoms with Crippen LogP contribution in [0.25, 0.3) is 0 Å². The van der Waals surface area contributed by atoms with Gasteiger partial charge in [-0.05, 0) is 44.1 Å². The molecule has 0 aliphatic carbocycles. The van der Waals surface area contributed by atoms with Crippen molar-refractivity contribution in [3.8, 4) is 11.5 Å². The van der Waals surface area contributed by atoms with Gasteiger partial charge in [0.1, 0.15) is 13.2 Å². The number of likely N-dealkylation sites (tertiary alicyclic amines) is 1. The molecule has 3 aliphatic heterocycles. The van der Waals surface area contributed by atoms with Gasteiger partial charge in [0, 0.05) is 19.3 Å². The molecule has 1 aromatic carbocycles. The molecule has 3 aliphatic rings. The summed E-state index contributed by atoms with van der Waals surface area (Å²) in [6.45, 7) is 5.43. The molecule has 5 rings (SSSR count). The molecule has 1 fully saturated rings. The standard InChI is InChI=1S/C20H24N4O3/c25-20(17-4-3-5-18-19(17)27-11-10-26-18)23-13-15-6-7-21-24(15)16(14-23)12-22-8-1-2-9-22/h3-7,16H,1-2,8-14H2/t16-/m1/s1. The van der Waals surface area contributed by atoms with Gasteiger partial charge in [0.25, 0.3) is 5.91 Å². The van der Waals surface area contributed by atoms with Crippen LogP contribution in [0.5, 0.6) is 11.5 Å². The highest BCUT2D eigenvalue weighted by atomic mass is 16.6. The van der Waals surface area contributed by atoms with Gasteiger partial charge < -0.3 is 19.3 Å². The van der Waals surface area contributed by atoms with Crippen LogP contribution in [-0.2, 0) is 6.54 Å². The van der Waals surface area contributed by atoms with Crippen molar-refractivity contribution >= 4 is 5.91 Å². The van der Waals surface area contributed by atoms with E-state index in [0.717, 1.165) is 25.3 Å². The molecule has 0 unspecified atom stereocenters. The lowest BCUT2D eigenvalue weighted by Gasteiger charge is -2.36. The lowest BCUT2D eigenvalue weighted by Crippen LogP contribution is -2.45. The first-order valence-corrected chi connectivity index (χ1v) is 9.72. The number of hydrogen-bond donors (Lipinski definition) is 0. The van der Waals surface area contributed by atoms with Crippen molar-refractivity contribution in [2.75, 3.05) is 39.4 Å². The van der Waals surface area contributed by atoms with Crippen LogP contribution < -0.4 is 9.47 Å². The van der Waals surface area contributed by atoms with Crippen LogP contribution in [0.1, 0.15) is 34.9 Å². The van der Waals surface area contributed by atoms with Crippen LogP contribution in [-0.4, -0.2) is 64.9 Å². The Hall–Kier alpha value is -2.54. The summed E-state index contributed by atoms with van der Waals surface area (Å²) < 4.78 is 13.5. The number of nitrogens with zero attached hydrogens (tertiary/aromatic N) is 4. The number of amides is 1. The molecule has 0 saturated carbocycles. The largest absolute Gasteiger partial charge is 0.486 e. The molecule has 1 aromatic heterocycles. The lowest BCUT2D eigenvalue weighted by molar-refractivity contribution is 0.0637. The molecule has 0 N–H and O–H groups in total. The normalized spacial score (nSPS) is 21.9. The molecule has 7 nitrogen and oxygen atoms in total. The molecule has 4 heterocycles. The third kappa shape index (κ3) is 3.06. The Labute approximate surface area is 158 Å². The first-order chi connectivity index (χ1) is 13.3. The average Bonchev–Trinajstić information content (AvgIpc) is 3.38. The van der Waals surface area contributed by atoms with Gasteiger partial charge in [-0.25, -0.2) is 0 Å². The number of fused-ring (bicyclic) bond motifs is 2. The van der Waals surface area contributed by atoms with Gasteiger partial charge in [0.2, 0.25) is 0 Å². The Balaban J connectivity index is 1.41. The zero-order valence-corrected chi connectivity index (χ0v) is 15.3. The number of para-hydroxylation sites is 1. The van der Waals surface area contributed by atoms with E-state index in [1.54, 1.807) is 0 Å². The summed E-state index contributed by atoms with van der Waals surface area (Å²) >= 11 is 0. The molecular formula is C20H24N4O3. The summed E-state index contributed by atoms with van der Waals surface area (Å²) in [5, 5.41) is 4.52. The van der Waals surface area contributed by atoms with Gasteiger partial charge in [0.15, 0.2) is 11.5 Å². The second-order valence-corrected chi connectivity index (χ2v) is 7.44. The Morgan fingerprint density at radius 3 is 2.89 bits per heavy atom. The van der Waals surface area contributed by atoms with Crippen molar-refractivity contribution < 1.29 is 14.3 Å². The maximum absolute atomic E-state index is 13.3. The molecule has 2 aromatic rings. The maximum atomic E-state index is 13.3. The van der Waals surface area contributed by atoms with Gasteiger partial charge in [-0.2, -0.15) is 5.10 Å². The fraction of sp³-hybridized carbons (Fsp3) is 0.500. The van der Waals surface area contributed by atoms with Crippen LogP contribution in [0, 0.1) is 0 Å². The van der Waals surface area contributed by atoms with E-state index in [2.05, 4.69) is 14.7 Å². The third-order valence-electron chi connectivity index (χ3n) is 5.63. The van der Waals surface area contributed by atoms with Gasteiger partial charge in [-0.3, -0.25) is 9.48 Å². The fourth-order valence-electron chi connectivity index (χ4n) is 4.35. The molecule has 1 saturated heterocycles. The number of carbonyl (C=O) groups excluding carboxylic acids is 1. The lowest BCUT2D eigenvalue weighted by atomic mass is 10.1.